The number of hydrogen-bond acceptors (Lipinski definition) is 4. The molecule has 1 aliphatic heterocycles. The standard InChI is InChI=1S/C23H27BrN4O3/c1-16(2)25-21(29)15-27-9-11-28(12-10-27)23(31)18-6-4-8-20(14-18)26-22(30)17-5-3-7-19(24)13-17/h3-8,13-14,16H,9-12,15H2,1-2H3,(H,25,29)(H,26,30). The lowest BCUT2D eigenvalue weighted by Gasteiger charge is -2.34. The number of halogens is 1. The Bertz CT molecular complexity index is 955. The summed E-state index contributed by atoms with van der Waals surface area (Å²) in [5, 5.41) is 5.73. The lowest BCUT2D eigenvalue weighted by molar-refractivity contribution is -0.123. The van der Waals surface area contributed by atoms with Crippen molar-refractivity contribution >= 4 is 39.3 Å². The monoisotopic (exact) mass is 486 g/mol. The van der Waals surface area contributed by atoms with Gasteiger partial charge in [0.2, 0.25) is 5.91 Å². The van der Waals surface area contributed by atoms with E-state index in [2.05, 4.69) is 31.5 Å². The summed E-state index contributed by atoms with van der Waals surface area (Å²) in [6, 6.07) is 14.2. The first kappa shape index (κ1) is 23.0. The fourth-order valence-corrected chi connectivity index (χ4v) is 3.82. The molecule has 0 aliphatic carbocycles. The Balaban J connectivity index is 1.57. The molecule has 7 nitrogen and oxygen atoms in total. The lowest BCUT2D eigenvalue weighted by Crippen LogP contribution is -2.51. The van der Waals surface area contributed by atoms with E-state index in [0.717, 1.165) is 4.47 Å². The van der Waals surface area contributed by atoms with Crippen LogP contribution in [0.1, 0.15) is 34.6 Å². The van der Waals surface area contributed by atoms with Gasteiger partial charge in [-0.15, -0.1) is 0 Å². The van der Waals surface area contributed by atoms with Crippen LogP contribution < -0.4 is 10.6 Å². The van der Waals surface area contributed by atoms with Gasteiger partial charge in [-0.2, -0.15) is 0 Å². The highest BCUT2D eigenvalue weighted by molar-refractivity contribution is 9.10. The van der Waals surface area contributed by atoms with Crippen LogP contribution in [0.4, 0.5) is 5.69 Å². The Morgan fingerprint density at radius 1 is 0.968 bits per heavy atom. The molecule has 3 rings (SSSR count). The number of nitrogens with one attached hydrogen (secondary N) is 2. The summed E-state index contributed by atoms with van der Waals surface area (Å²) >= 11 is 3.36. The molecule has 1 aliphatic rings. The predicted octanol–water partition coefficient (Wildman–Crippen LogP) is 2.98. The second kappa shape index (κ2) is 10.5. The maximum absolute atomic E-state index is 12.9. The third-order valence-corrected chi connectivity index (χ3v) is 5.42. The highest BCUT2D eigenvalue weighted by Gasteiger charge is 2.23. The van der Waals surface area contributed by atoms with E-state index in [1.54, 1.807) is 47.4 Å². The minimum absolute atomic E-state index is 0.00339. The third kappa shape index (κ3) is 6.63. The fourth-order valence-electron chi connectivity index (χ4n) is 3.43. The van der Waals surface area contributed by atoms with Crippen molar-refractivity contribution in [2.75, 3.05) is 38.0 Å². The van der Waals surface area contributed by atoms with E-state index >= 15 is 0 Å². The largest absolute Gasteiger partial charge is 0.353 e. The first-order valence-electron chi connectivity index (χ1n) is 10.3. The van der Waals surface area contributed by atoms with Gasteiger partial charge in [0.25, 0.3) is 11.8 Å². The van der Waals surface area contributed by atoms with Gasteiger partial charge < -0.3 is 15.5 Å². The van der Waals surface area contributed by atoms with E-state index in [9.17, 15) is 14.4 Å². The molecule has 0 aromatic heterocycles. The number of nitrogens with zero attached hydrogens (tertiary/aromatic N) is 2. The zero-order valence-electron chi connectivity index (χ0n) is 17.7. The summed E-state index contributed by atoms with van der Waals surface area (Å²) < 4.78 is 0.824. The molecule has 0 spiro atoms. The van der Waals surface area contributed by atoms with E-state index < -0.39 is 0 Å². The van der Waals surface area contributed by atoms with Gasteiger partial charge in [0.1, 0.15) is 0 Å². The van der Waals surface area contributed by atoms with Crippen molar-refractivity contribution in [3.8, 4) is 0 Å². The Labute approximate surface area is 190 Å². The number of carbonyl (C=O) groups is 3. The molecule has 0 saturated carbocycles. The number of benzene rings is 2. The van der Waals surface area contributed by atoms with Crippen LogP contribution in [0.3, 0.4) is 0 Å². The molecule has 0 atom stereocenters. The van der Waals surface area contributed by atoms with E-state index in [1.165, 1.54) is 0 Å². The van der Waals surface area contributed by atoms with E-state index in [-0.39, 0.29) is 23.8 Å². The van der Waals surface area contributed by atoms with Crippen LogP contribution in [-0.4, -0.2) is 66.3 Å². The molecule has 8 heteroatoms. The van der Waals surface area contributed by atoms with Gasteiger partial charge >= 0.3 is 0 Å². The van der Waals surface area contributed by atoms with Crippen LogP contribution in [0.5, 0.6) is 0 Å². The van der Waals surface area contributed by atoms with Crippen LogP contribution in [0.2, 0.25) is 0 Å². The predicted molar refractivity (Wildman–Crippen MR) is 124 cm³/mol. The number of hydrogen-bond donors (Lipinski definition) is 2. The quantitative estimate of drug-likeness (QED) is 0.657. The molecule has 1 heterocycles. The first-order chi connectivity index (χ1) is 14.8. The van der Waals surface area contributed by atoms with Crippen LogP contribution in [0.25, 0.3) is 0 Å². The van der Waals surface area contributed by atoms with Crippen LogP contribution in [0, 0.1) is 0 Å². The second-order valence-corrected chi connectivity index (χ2v) is 8.75. The van der Waals surface area contributed by atoms with Crippen molar-refractivity contribution in [2.45, 2.75) is 19.9 Å². The van der Waals surface area contributed by atoms with Gasteiger partial charge in [-0.1, -0.05) is 28.1 Å². The Kier molecular flexibility index (Phi) is 7.81. The molecular weight excluding hydrogens is 460 g/mol. The molecule has 164 valence electrons. The average Bonchev–Trinajstić information content (AvgIpc) is 2.73. The van der Waals surface area contributed by atoms with E-state index in [4.69, 9.17) is 0 Å². The Morgan fingerprint density at radius 3 is 2.32 bits per heavy atom. The number of anilines is 1. The number of piperazine rings is 1. The smallest absolute Gasteiger partial charge is 0.255 e. The highest BCUT2D eigenvalue weighted by atomic mass is 79.9. The summed E-state index contributed by atoms with van der Waals surface area (Å²) in [4.78, 5) is 41.2. The first-order valence-corrected chi connectivity index (χ1v) is 11.1. The SMILES string of the molecule is CC(C)NC(=O)CN1CCN(C(=O)c2cccc(NC(=O)c3cccc(Br)c3)c2)CC1. The third-order valence-electron chi connectivity index (χ3n) is 4.93. The summed E-state index contributed by atoms with van der Waals surface area (Å²) in [6.07, 6.45) is 0. The molecule has 2 aromatic rings. The van der Waals surface area contributed by atoms with Gasteiger partial charge in [0, 0.05) is 53.5 Å². The second-order valence-electron chi connectivity index (χ2n) is 7.84. The van der Waals surface area contributed by atoms with Crippen molar-refractivity contribution in [2.24, 2.45) is 0 Å². The molecule has 0 radical (unpaired) electrons. The van der Waals surface area contributed by atoms with Gasteiger partial charge in [0.15, 0.2) is 0 Å². The van der Waals surface area contributed by atoms with E-state index in [0.29, 0.717) is 49.5 Å². The van der Waals surface area contributed by atoms with Crippen molar-refractivity contribution in [1.29, 1.82) is 0 Å². The minimum Gasteiger partial charge on any atom is -0.353 e. The Morgan fingerprint density at radius 2 is 1.65 bits per heavy atom. The summed E-state index contributed by atoms with van der Waals surface area (Å²) in [5.74, 6) is -0.312. The summed E-state index contributed by atoms with van der Waals surface area (Å²) in [7, 11) is 0. The molecule has 2 aromatic carbocycles. The fraction of sp³-hybridized carbons (Fsp3) is 0.348. The number of rotatable bonds is 6. The van der Waals surface area contributed by atoms with E-state index in [1.807, 2.05) is 19.9 Å². The van der Waals surface area contributed by atoms with Crippen molar-refractivity contribution in [3.63, 3.8) is 0 Å². The van der Waals surface area contributed by atoms with Crippen molar-refractivity contribution in [1.82, 2.24) is 15.1 Å². The number of amides is 3. The van der Waals surface area contributed by atoms with Crippen molar-refractivity contribution in [3.05, 3.63) is 64.1 Å². The van der Waals surface area contributed by atoms with Crippen molar-refractivity contribution < 1.29 is 14.4 Å². The normalized spacial score (nSPS) is 14.4. The van der Waals surface area contributed by atoms with Gasteiger partial charge in [-0.3, -0.25) is 19.3 Å². The van der Waals surface area contributed by atoms with Crippen LogP contribution in [0.15, 0.2) is 53.0 Å². The molecule has 3 amide bonds. The molecule has 0 bridgehead atoms. The maximum Gasteiger partial charge on any atom is 0.255 e. The lowest BCUT2D eigenvalue weighted by atomic mass is 10.1. The topological polar surface area (TPSA) is 81.8 Å². The molecule has 1 fully saturated rings. The summed E-state index contributed by atoms with van der Waals surface area (Å²) in [5.41, 5.74) is 1.63. The average molecular weight is 487 g/mol. The summed E-state index contributed by atoms with van der Waals surface area (Å²) in [6.45, 7) is 6.63. The van der Waals surface area contributed by atoms with Gasteiger partial charge in [0.05, 0.1) is 6.54 Å². The molecule has 2 N–H and O–H groups in total. The molecular formula is C23H27BrN4O3. The zero-order chi connectivity index (χ0) is 22.4. The maximum atomic E-state index is 12.9. The van der Waals surface area contributed by atoms with Gasteiger partial charge in [-0.05, 0) is 50.2 Å². The molecule has 0 unspecified atom stereocenters. The molecule has 31 heavy (non-hydrogen) atoms. The van der Waals surface area contributed by atoms with Crippen LogP contribution >= 0.6 is 15.9 Å². The Hall–Kier alpha value is -2.71. The minimum atomic E-state index is -0.237. The zero-order valence-corrected chi connectivity index (χ0v) is 19.3. The number of carbonyl (C=O) groups excluding carboxylic acids is 3. The van der Waals surface area contributed by atoms with Gasteiger partial charge in [-0.25, -0.2) is 0 Å². The highest BCUT2D eigenvalue weighted by Crippen LogP contribution is 2.17. The van der Waals surface area contributed by atoms with Crippen LogP contribution in [-0.2, 0) is 4.79 Å². The molecule has 1 saturated heterocycles.